The lowest BCUT2D eigenvalue weighted by Crippen LogP contribution is -1.94. The molecule has 1 aromatic carbocycles. The molecule has 2 rings (SSSR count). The number of hydrogen-bond donors (Lipinski definition) is 1. The molecule has 0 saturated heterocycles. The van der Waals surface area contributed by atoms with E-state index in [1.165, 1.54) is 12.8 Å². The number of hydrogen-bond acceptors (Lipinski definition) is 2. The predicted molar refractivity (Wildman–Crippen MR) is 57.8 cm³/mol. The Morgan fingerprint density at radius 1 is 1.21 bits per heavy atom. The topological polar surface area (TPSA) is 32.6 Å². The van der Waals surface area contributed by atoms with E-state index in [9.17, 15) is 5.11 Å². The Morgan fingerprint density at radius 3 is 2.93 bits per heavy atom. The number of nitrogens with zero attached hydrogens (tertiary/aromatic N) is 1. The van der Waals surface area contributed by atoms with Crippen molar-refractivity contribution in [1.82, 2.24) is 0 Å². The minimum absolute atomic E-state index is 0.165. The molecule has 2 nitrogen and oxygen atoms in total. The van der Waals surface area contributed by atoms with Crippen LogP contribution in [0.15, 0.2) is 29.3 Å². The van der Waals surface area contributed by atoms with Gasteiger partial charge in [-0.15, -0.1) is 0 Å². The second-order valence-corrected chi connectivity index (χ2v) is 3.69. The first-order valence-electron chi connectivity index (χ1n) is 5.17. The monoisotopic (exact) mass is 189 g/mol. The first-order chi connectivity index (χ1) is 6.88. The van der Waals surface area contributed by atoms with E-state index < -0.39 is 0 Å². The Morgan fingerprint density at radius 2 is 2.07 bits per heavy atom. The highest BCUT2D eigenvalue weighted by molar-refractivity contribution is 5.58. The Bertz CT molecular complexity index is 333. The summed E-state index contributed by atoms with van der Waals surface area (Å²) in [5.41, 5.74) is 0.964. The normalized spacial score (nSPS) is 21.9. The van der Waals surface area contributed by atoms with Crippen molar-refractivity contribution in [3.8, 4) is 5.75 Å². The van der Waals surface area contributed by atoms with Crippen LogP contribution in [-0.4, -0.2) is 11.3 Å². The molecular formula is C12H15NO. The molecule has 1 atom stereocenters. The number of aliphatic imine (C=N–C) groups is 1. The van der Waals surface area contributed by atoms with Crippen molar-refractivity contribution in [2.24, 2.45) is 4.99 Å². The van der Waals surface area contributed by atoms with Gasteiger partial charge in [-0.25, -0.2) is 0 Å². The molecule has 0 radical (unpaired) electrons. The highest BCUT2D eigenvalue weighted by atomic mass is 16.3. The van der Waals surface area contributed by atoms with Crippen molar-refractivity contribution >= 4 is 6.21 Å². The molecule has 0 saturated carbocycles. The van der Waals surface area contributed by atoms with Crippen molar-refractivity contribution in [3.63, 3.8) is 0 Å². The zero-order valence-electron chi connectivity index (χ0n) is 8.19. The van der Waals surface area contributed by atoms with Crippen LogP contribution >= 0.6 is 0 Å². The minimum atomic E-state index is 0.165. The fourth-order valence-corrected chi connectivity index (χ4v) is 1.85. The summed E-state index contributed by atoms with van der Waals surface area (Å²) in [6.07, 6.45) is 6.52. The number of phenolic OH excluding ortho intramolecular Hbond substituents is 1. The van der Waals surface area contributed by atoms with Gasteiger partial charge in [-0.05, 0) is 31.5 Å². The van der Waals surface area contributed by atoms with Crippen molar-refractivity contribution < 1.29 is 5.11 Å². The second-order valence-electron chi connectivity index (χ2n) is 3.69. The molecule has 1 unspecified atom stereocenters. The summed E-state index contributed by atoms with van der Waals surface area (Å²) in [6.45, 7) is 0. The summed E-state index contributed by atoms with van der Waals surface area (Å²) in [6, 6.07) is 7.66. The van der Waals surface area contributed by atoms with E-state index in [4.69, 9.17) is 0 Å². The summed E-state index contributed by atoms with van der Waals surface area (Å²) in [4.78, 5) is 4.47. The Labute approximate surface area is 84.3 Å². The third kappa shape index (κ3) is 1.95. The van der Waals surface area contributed by atoms with Crippen LogP contribution in [0.25, 0.3) is 0 Å². The molecule has 0 bridgehead atoms. The van der Waals surface area contributed by atoms with Crippen molar-refractivity contribution in [1.29, 1.82) is 0 Å². The highest BCUT2D eigenvalue weighted by Crippen LogP contribution is 2.31. The molecule has 0 amide bonds. The molecule has 0 spiro atoms. The van der Waals surface area contributed by atoms with Gasteiger partial charge in [-0.1, -0.05) is 24.6 Å². The zero-order valence-corrected chi connectivity index (χ0v) is 8.19. The number of rotatable bonds is 1. The van der Waals surface area contributed by atoms with Gasteiger partial charge in [0.05, 0.1) is 6.04 Å². The summed E-state index contributed by atoms with van der Waals surface area (Å²) in [5.74, 6) is 0.372. The summed E-state index contributed by atoms with van der Waals surface area (Å²) < 4.78 is 0. The lowest BCUT2D eigenvalue weighted by Gasteiger charge is -2.11. The van der Waals surface area contributed by atoms with E-state index in [0.717, 1.165) is 18.4 Å². The van der Waals surface area contributed by atoms with E-state index in [1.807, 2.05) is 24.4 Å². The van der Waals surface area contributed by atoms with E-state index in [-0.39, 0.29) is 6.04 Å². The Kier molecular flexibility index (Phi) is 2.82. The first kappa shape index (κ1) is 9.25. The van der Waals surface area contributed by atoms with Gasteiger partial charge < -0.3 is 5.11 Å². The minimum Gasteiger partial charge on any atom is -0.508 e. The fraction of sp³-hybridized carbons (Fsp3) is 0.417. The van der Waals surface area contributed by atoms with Gasteiger partial charge >= 0.3 is 0 Å². The Balaban J connectivity index is 2.24. The lowest BCUT2D eigenvalue weighted by atomic mass is 10.0. The SMILES string of the molecule is Oc1ccccc1C1CCCCC=N1. The molecule has 74 valence electrons. The zero-order chi connectivity index (χ0) is 9.80. The van der Waals surface area contributed by atoms with Gasteiger partial charge in [0, 0.05) is 5.56 Å². The molecule has 1 heterocycles. The molecular weight excluding hydrogens is 174 g/mol. The van der Waals surface area contributed by atoms with Crippen LogP contribution in [0.5, 0.6) is 5.75 Å². The average Bonchev–Trinajstić information content (AvgIpc) is 2.47. The van der Waals surface area contributed by atoms with Gasteiger partial charge in [0.25, 0.3) is 0 Å². The van der Waals surface area contributed by atoms with E-state index in [0.29, 0.717) is 5.75 Å². The second kappa shape index (κ2) is 4.27. The van der Waals surface area contributed by atoms with Crippen LogP contribution in [0.2, 0.25) is 0 Å². The van der Waals surface area contributed by atoms with E-state index in [1.54, 1.807) is 6.07 Å². The molecule has 0 fully saturated rings. The van der Waals surface area contributed by atoms with Crippen LogP contribution < -0.4 is 0 Å². The molecule has 1 N–H and O–H groups in total. The average molecular weight is 189 g/mol. The van der Waals surface area contributed by atoms with Gasteiger partial charge in [0.1, 0.15) is 5.75 Å². The molecule has 2 heteroatoms. The largest absolute Gasteiger partial charge is 0.508 e. The van der Waals surface area contributed by atoms with Crippen LogP contribution in [0, 0.1) is 0 Å². The smallest absolute Gasteiger partial charge is 0.120 e. The van der Waals surface area contributed by atoms with Gasteiger partial charge in [-0.2, -0.15) is 0 Å². The molecule has 14 heavy (non-hydrogen) atoms. The lowest BCUT2D eigenvalue weighted by molar-refractivity contribution is 0.458. The van der Waals surface area contributed by atoms with Crippen LogP contribution in [0.1, 0.15) is 37.3 Å². The van der Waals surface area contributed by atoms with Crippen molar-refractivity contribution in [2.75, 3.05) is 0 Å². The number of aromatic hydroxyl groups is 1. The third-order valence-corrected chi connectivity index (χ3v) is 2.64. The first-order valence-corrected chi connectivity index (χ1v) is 5.17. The standard InChI is InChI=1S/C12H15NO/c14-12-8-4-3-6-10(12)11-7-2-1-5-9-13-11/h3-4,6,8-9,11,14H,1-2,5,7H2. The third-order valence-electron chi connectivity index (χ3n) is 2.64. The number of para-hydroxylation sites is 1. The van der Waals surface area contributed by atoms with Gasteiger partial charge in [0.2, 0.25) is 0 Å². The number of benzene rings is 1. The summed E-state index contributed by atoms with van der Waals surface area (Å²) in [7, 11) is 0. The summed E-state index contributed by atoms with van der Waals surface area (Å²) >= 11 is 0. The molecule has 1 aliphatic heterocycles. The quantitative estimate of drug-likeness (QED) is 0.723. The maximum atomic E-state index is 9.68. The maximum Gasteiger partial charge on any atom is 0.120 e. The van der Waals surface area contributed by atoms with Crippen LogP contribution in [0.3, 0.4) is 0 Å². The van der Waals surface area contributed by atoms with Crippen molar-refractivity contribution in [3.05, 3.63) is 29.8 Å². The molecule has 0 aliphatic carbocycles. The molecule has 1 aromatic rings. The predicted octanol–water partition coefficient (Wildman–Crippen LogP) is 3.08. The van der Waals surface area contributed by atoms with E-state index >= 15 is 0 Å². The van der Waals surface area contributed by atoms with Gasteiger partial charge in [0.15, 0.2) is 0 Å². The van der Waals surface area contributed by atoms with Crippen molar-refractivity contribution in [2.45, 2.75) is 31.7 Å². The number of phenols is 1. The molecule has 0 aromatic heterocycles. The van der Waals surface area contributed by atoms with E-state index in [2.05, 4.69) is 4.99 Å². The maximum absolute atomic E-state index is 9.68. The van der Waals surface area contributed by atoms with Crippen LogP contribution in [-0.2, 0) is 0 Å². The fourth-order valence-electron chi connectivity index (χ4n) is 1.85. The Hall–Kier alpha value is -1.31. The van der Waals surface area contributed by atoms with Crippen LogP contribution in [0.4, 0.5) is 0 Å². The highest BCUT2D eigenvalue weighted by Gasteiger charge is 2.14. The molecule has 1 aliphatic rings. The summed E-state index contributed by atoms with van der Waals surface area (Å²) in [5, 5.41) is 9.68. The van der Waals surface area contributed by atoms with Gasteiger partial charge in [-0.3, -0.25) is 4.99 Å².